The molecule has 0 spiro atoms. The summed E-state index contributed by atoms with van der Waals surface area (Å²) in [6.45, 7) is 9.26. The fourth-order valence-electron chi connectivity index (χ4n) is 5.28. The number of phenolic OH excluding ortho intramolecular Hbond substituents is 3. The summed E-state index contributed by atoms with van der Waals surface area (Å²) in [6, 6.07) is 0. The van der Waals surface area contributed by atoms with E-state index in [4.69, 9.17) is 0 Å². The molecule has 0 aliphatic heterocycles. The Balaban J connectivity index is 2.43. The maximum atomic E-state index is 13.0. The van der Waals surface area contributed by atoms with E-state index in [9.17, 15) is 24.9 Å². The molecular formula is C20H26O5. The molecule has 25 heavy (non-hydrogen) atoms. The molecule has 0 heterocycles. The molecule has 2 aliphatic carbocycles. The third kappa shape index (κ3) is 2.14. The van der Waals surface area contributed by atoms with Crippen LogP contribution in [0.25, 0.3) is 0 Å². The Morgan fingerprint density at radius 1 is 0.960 bits per heavy atom. The number of phenols is 3. The molecule has 1 aromatic rings. The molecule has 1 aromatic carbocycles. The van der Waals surface area contributed by atoms with Gasteiger partial charge >= 0.3 is 0 Å². The first-order valence-electron chi connectivity index (χ1n) is 8.85. The summed E-state index contributed by atoms with van der Waals surface area (Å²) in [7, 11) is 0. The van der Waals surface area contributed by atoms with Crippen molar-refractivity contribution in [2.45, 2.75) is 65.2 Å². The third-order valence-corrected chi connectivity index (χ3v) is 6.26. The minimum absolute atomic E-state index is 0.106. The fraction of sp³-hybridized carbons (Fsp3) is 0.600. The Hall–Kier alpha value is -2.04. The van der Waals surface area contributed by atoms with E-state index in [1.807, 2.05) is 20.8 Å². The first kappa shape index (κ1) is 17.8. The number of Topliss-reactive ketones (excluding diaryl/α,β-unsaturated/α-hetero) is 2. The van der Waals surface area contributed by atoms with Gasteiger partial charge in [-0.15, -0.1) is 0 Å². The van der Waals surface area contributed by atoms with Crippen molar-refractivity contribution in [1.29, 1.82) is 0 Å². The number of hydrogen-bond acceptors (Lipinski definition) is 5. The molecular weight excluding hydrogens is 320 g/mol. The van der Waals surface area contributed by atoms with Crippen molar-refractivity contribution in [3.63, 3.8) is 0 Å². The smallest absolute Gasteiger partial charge is 0.233 e. The molecule has 2 atom stereocenters. The normalized spacial score (nSPS) is 28.0. The van der Waals surface area contributed by atoms with Crippen LogP contribution in [0.4, 0.5) is 0 Å². The van der Waals surface area contributed by atoms with E-state index < -0.39 is 34.1 Å². The highest BCUT2D eigenvalue weighted by Gasteiger charge is 2.59. The molecule has 0 unspecified atom stereocenters. The minimum atomic E-state index is -0.795. The Bertz CT molecular complexity index is 790. The van der Waals surface area contributed by atoms with Crippen molar-refractivity contribution in [3.05, 3.63) is 16.7 Å². The zero-order chi connectivity index (χ0) is 18.9. The van der Waals surface area contributed by atoms with E-state index in [1.54, 1.807) is 13.8 Å². The van der Waals surface area contributed by atoms with E-state index in [0.29, 0.717) is 6.42 Å². The molecule has 0 bridgehead atoms. The summed E-state index contributed by atoms with van der Waals surface area (Å²) < 4.78 is 0. The molecule has 5 nitrogen and oxygen atoms in total. The highest BCUT2D eigenvalue weighted by atomic mass is 16.3. The first-order chi connectivity index (χ1) is 11.4. The van der Waals surface area contributed by atoms with Crippen LogP contribution in [-0.2, 0) is 10.2 Å². The van der Waals surface area contributed by atoms with Crippen LogP contribution in [0.3, 0.4) is 0 Å². The number of carbonyl (C=O) groups excluding carboxylic acids is 2. The van der Waals surface area contributed by atoms with Crippen LogP contribution in [0.1, 0.15) is 81.3 Å². The van der Waals surface area contributed by atoms with Crippen molar-refractivity contribution in [3.8, 4) is 17.2 Å². The van der Waals surface area contributed by atoms with E-state index in [-0.39, 0.29) is 34.1 Å². The maximum absolute atomic E-state index is 13.0. The highest BCUT2D eigenvalue weighted by Crippen LogP contribution is 2.61. The van der Waals surface area contributed by atoms with Gasteiger partial charge in [0.05, 0.1) is 5.56 Å². The molecule has 5 heteroatoms. The Kier molecular flexibility index (Phi) is 3.72. The third-order valence-electron chi connectivity index (χ3n) is 6.26. The van der Waals surface area contributed by atoms with Gasteiger partial charge in [0.2, 0.25) is 11.6 Å². The van der Waals surface area contributed by atoms with Crippen LogP contribution in [0.5, 0.6) is 17.2 Å². The van der Waals surface area contributed by atoms with Gasteiger partial charge in [-0.05, 0) is 24.2 Å². The number of benzene rings is 1. The fourth-order valence-corrected chi connectivity index (χ4v) is 5.28. The lowest BCUT2D eigenvalue weighted by Gasteiger charge is -2.52. The number of aromatic hydroxyl groups is 3. The van der Waals surface area contributed by atoms with Gasteiger partial charge < -0.3 is 15.3 Å². The second-order valence-corrected chi connectivity index (χ2v) is 8.75. The van der Waals surface area contributed by atoms with E-state index >= 15 is 0 Å². The zero-order valence-corrected chi connectivity index (χ0v) is 15.4. The number of fused-ring (bicyclic) bond motifs is 3. The zero-order valence-electron chi connectivity index (χ0n) is 15.4. The molecule has 0 amide bonds. The van der Waals surface area contributed by atoms with E-state index in [0.717, 1.165) is 12.8 Å². The quantitative estimate of drug-likeness (QED) is 0.409. The SMILES string of the molecule is CC(C)c1c(O)c(O)c2c(c1O)C(=O)C(=O)[C@H]1C(C)(C)CCC[C@]21C. The van der Waals surface area contributed by atoms with Gasteiger partial charge in [0.25, 0.3) is 0 Å². The molecule has 0 aromatic heterocycles. The average molecular weight is 346 g/mol. The molecule has 0 radical (unpaired) electrons. The van der Waals surface area contributed by atoms with Gasteiger partial charge in [0, 0.05) is 22.5 Å². The van der Waals surface area contributed by atoms with Gasteiger partial charge in [-0.1, -0.05) is 41.0 Å². The lowest BCUT2D eigenvalue weighted by molar-refractivity contribution is -0.128. The summed E-state index contributed by atoms with van der Waals surface area (Å²) in [4.78, 5) is 25.8. The lowest BCUT2D eigenvalue weighted by atomic mass is 9.49. The number of carbonyl (C=O) groups is 2. The Morgan fingerprint density at radius 3 is 2.12 bits per heavy atom. The van der Waals surface area contributed by atoms with E-state index in [2.05, 4.69) is 0 Å². The molecule has 3 rings (SSSR count). The molecule has 0 saturated heterocycles. The maximum Gasteiger partial charge on any atom is 0.233 e. The average Bonchev–Trinajstić information content (AvgIpc) is 2.47. The largest absolute Gasteiger partial charge is 0.507 e. The number of hydrogen-bond donors (Lipinski definition) is 3. The predicted octanol–water partition coefficient (Wildman–Crippen LogP) is 3.78. The number of rotatable bonds is 1. The van der Waals surface area contributed by atoms with Crippen molar-refractivity contribution >= 4 is 11.6 Å². The lowest BCUT2D eigenvalue weighted by Crippen LogP contribution is -2.54. The van der Waals surface area contributed by atoms with Crippen LogP contribution in [0.15, 0.2) is 0 Å². The summed E-state index contributed by atoms with van der Waals surface area (Å²) in [6.07, 6.45) is 2.26. The van der Waals surface area contributed by atoms with Gasteiger partial charge in [-0.3, -0.25) is 9.59 Å². The van der Waals surface area contributed by atoms with Gasteiger partial charge in [0.1, 0.15) is 5.75 Å². The van der Waals surface area contributed by atoms with Crippen LogP contribution in [0, 0.1) is 11.3 Å². The molecule has 3 N–H and O–H groups in total. The summed E-state index contributed by atoms with van der Waals surface area (Å²) in [5, 5.41) is 31.9. The van der Waals surface area contributed by atoms with Crippen LogP contribution in [-0.4, -0.2) is 26.9 Å². The Labute approximate surface area is 147 Å². The first-order valence-corrected chi connectivity index (χ1v) is 8.85. The molecule has 136 valence electrons. The van der Waals surface area contributed by atoms with Crippen LogP contribution < -0.4 is 0 Å². The second-order valence-electron chi connectivity index (χ2n) is 8.75. The van der Waals surface area contributed by atoms with Gasteiger partial charge in [-0.25, -0.2) is 0 Å². The summed E-state index contributed by atoms with van der Waals surface area (Å²) in [5.74, 6) is -3.30. The highest BCUT2D eigenvalue weighted by molar-refractivity contribution is 6.47. The standard InChI is InChI=1S/C20H26O5/c1-9(2)10-13(21)11-12(16(24)14(10)22)20(5)8-6-7-19(3,4)18(20)17(25)15(11)23/h9,18,21-22,24H,6-8H2,1-5H3/t18-,20+/m0/s1. The van der Waals surface area contributed by atoms with Crippen molar-refractivity contribution in [2.24, 2.45) is 11.3 Å². The topological polar surface area (TPSA) is 94.8 Å². The van der Waals surface area contributed by atoms with E-state index in [1.165, 1.54) is 0 Å². The monoisotopic (exact) mass is 346 g/mol. The molecule has 1 saturated carbocycles. The molecule has 1 fully saturated rings. The van der Waals surface area contributed by atoms with Crippen LogP contribution in [0.2, 0.25) is 0 Å². The summed E-state index contributed by atoms with van der Waals surface area (Å²) >= 11 is 0. The van der Waals surface area contributed by atoms with Crippen LogP contribution >= 0.6 is 0 Å². The minimum Gasteiger partial charge on any atom is -0.507 e. The second kappa shape index (κ2) is 5.23. The van der Waals surface area contributed by atoms with Gasteiger partial charge in [-0.2, -0.15) is 0 Å². The summed E-state index contributed by atoms with van der Waals surface area (Å²) in [5.41, 5.74) is -0.980. The Morgan fingerprint density at radius 2 is 1.56 bits per heavy atom. The van der Waals surface area contributed by atoms with Crippen molar-refractivity contribution < 1.29 is 24.9 Å². The number of ketones is 2. The predicted molar refractivity (Wildman–Crippen MR) is 93.3 cm³/mol. The van der Waals surface area contributed by atoms with Crippen molar-refractivity contribution in [1.82, 2.24) is 0 Å². The van der Waals surface area contributed by atoms with Gasteiger partial charge in [0.15, 0.2) is 11.5 Å². The van der Waals surface area contributed by atoms with Crippen molar-refractivity contribution in [2.75, 3.05) is 0 Å². The molecule has 2 aliphatic rings.